The number of rotatable bonds is 13. The van der Waals surface area contributed by atoms with Crippen LogP contribution in [0.15, 0.2) is 36.9 Å². The van der Waals surface area contributed by atoms with Crippen molar-refractivity contribution in [2.24, 2.45) is 11.8 Å². The van der Waals surface area contributed by atoms with Crippen molar-refractivity contribution < 1.29 is 34.1 Å². The molecule has 0 radical (unpaired) electrons. The molecule has 2 N–H and O–H groups in total. The van der Waals surface area contributed by atoms with E-state index in [1.54, 1.807) is 47.3 Å². The van der Waals surface area contributed by atoms with E-state index >= 15 is 0 Å². The van der Waals surface area contributed by atoms with Crippen LogP contribution >= 0.6 is 0 Å². The second-order valence-electron chi connectivity index (χ2n) is 10.3. The average molecular weight is 515 g/mol. The molecule has 202 valence electrons. The van der Waals surface area contributed by atoms with Crippen molar-refractivity contribution >= 4 is 23.5 Å². The van der Waals surface area contributed by atoms with Crippen LogP contribution in [0.3, 0.4) is 0 Å². The normalized spacial score (nSPS) is 29.9. The second-order valence-corrected chi connectivity index (χ2v) is 10.3. The molecule has 2 amide bonds. The highest BCUT2D eigenvalue weighted by atomic mass is 16.5. The Labute approximate surface area is 218 Å². The monoisotopic (exact) mass is 514 g/mol. The number of fused-ring (bicyclic) bond motifs is 1. The number of carboxylic acid groups (broad SMARTS) is 1. The molecule has 1 aromatic rings. The van der Waals surface area contributed by atoms with Crippen LogP contribution in [0.1, 0.15) is 51.9 Å². The Bertz CT molecular complexity index is 1030. The number of aliphatic hydroxyl groups is 1. The van der Waals surface area contributed by atoms with Gasteiger partial charge in [-0.15, -0.1) is 6.58 Å². The minimum absolute atomic E-state index is 0.112. The molecule has 1 aromatic carbocycles. The summed E-state index contributed by atoms with van der Waals surface area (Å²) in [7, 11) is 1.57. The minimum Gasteiger partial charge on any atom is -0.497 e. The molecule has 9 nitrogen and oxygen atoms in total. The summed E-state index contributed by atoms with van der Waals surface area (Å²) in [6.07, 6.45) is 5.99. The van der Waals surface area contributed by atoms with Gasteiger partial charge in [-0.05, 0) is 56.4 Å². The van der Waals surface area contributed by atoms with Crippen molar-refractivity contribution in [3.8, 4) is 5.75 Å². The largest absolute Gasteiger partial charge is 0.497 e. The predicted octanol–water partition coefficient (Wildman–Crippen LogP) is 3.01. The minimum atomic E-state index is -1.18. The Morgan fingerprint density at radius 3 is 2.51 bits per heavy atom. The van der Waals surface area contributed by atoms with E-state index in [0.717, 1.165) is 12.8 Å². The third kappa shape index (κ3) is 4.42. The van der Waals surface area contributed by atoms with Gasteiger partial charge in [0.2, 0.25) is 5.91 Å². The number of ether oxygens (including phenoxy) is 2. The summed E-state index contributed by atoms with van der Waals surface area (Å²) in [5.41, 5.74) is -1.49. The van der Waals surface area contributed by atoms with Gasteiger partial charge in [-0.25, -0.2) is 0 Å². The number of methoxy groups -OCH3 is 1. The lowest BCUT2D eigenvalue weighted by Gasteiger charge is -2.37. The SMILES string of the molecule is C=CCN(C(=O)C1N(CCCCCCO)C(=O)[C@@H]2[C@H](C(=O)O)[C@]3(CC)CCC12O3)c1ccc(OC)cc1. The topological polar surface area (TPSA) is 117 Å². The van der Waals surface area contributed by atoms with E-state index in [2.05, 4.69) is 6.58 Å². The maximum Gasteiger partial charge on any atom is 0.310 e. The molecule has 3 aliphatic heterocycles. The van der Waals surface area contributed by atoms with Crippen LogP contribution in [0.5, 0.6) is 5.75 Å². The molecule has 5 atom stereocenters. The average Bonchev–Trinajstić information content (AvgIpc) is 3.50. The first-order valence-electron chi connectivity index (χ1n) is 13.2. The molecule has 3 heterocycles. The van der Waals surface area contributed by atoms with E-state index in [1.807, 2.05) is 6.92 Å². The summed E-state index contributed by atoms with van der Waals surface area (Å²) in [6, 6.07) is 6.17. The Morgan fingerprint density at radius 1 is 1.22 bits per heavy atom. The van der Waals surface area contributed by atoms with Crippen LogP contribution in [-0.2, 0) is 19.1 Å². The molecule has 3 saturated heterocycles. The number of carbonyl (C=O) groups excluding carboxylic acids is 2. The van der Waals surface area contributed by atoms with Crippen molar-refractivity contribution in [1.82, 2.24) is 4.90 Å². The number of nitrogens with zero attached hydrogens (tertiary/aromatic N) is 2. The molecule has 9 heteroatoms. The second kappa shape index (κ2) is 10.8. The molecular formula is C28H38N2O7. The fourth-order valence-electron chi connectivity index (χ4n) is 6.72. The molecule has 37 heavy (non-hydrogen) atoms. The van der Waals surface area contributed by atoms with Gasteiger partial charge in [-0.3, -0.25) is 14.4 Å². The van der Waals surface area contributed by atoms with Crippen LogP contribution in [-0.4, -0.2) is 76.9 Å². The van der Waals surface area contributed by atoms with Gasteiger partial charge in [-0.1, -0.05) is 25.8 Å². The molecule has 1 spiro atoms. The fourth-order valence-corrected chi connectivity index (χ4v) is 6.72. The molecule has 4 rings (SSSR count). The maximum atomic E-state index is 14.4. The molecule has 0 aliphatic carbocycles. The van der Waals surface area contributed by atoms with Crippen molar-refractivity contribution in [2.75, 3.05) is 31.7 Å². The maximum absolute atomic E-state index is 14.4. The first-order chi connectivity index (χ1) is 17.8. The van der Waals surface area contributed by atoms with Gasteiger partial charge in [-0.2, -0.15) is 0 Å². The van der Waals surface area contributed by atoms with Gasteiger partial charge in [0.05, 0.1) is 18.6 Å². The van der Waals surface area contributed by atoms with Gasteiger partial charge >= 0.3 is 5.97 Å². The van der Waals surface area contributed by atoms with Crippen molar-refractivity contribution in [3.63, 3.8) is 0 Å². The smallest absolute Gasteiger partial charge is 0.310 e. The van der Waals surface area contributed by atoms with Crippen molar-refractivity contribution in [2.45, 2.75) is 69.1 Å². The van der Waals surface area contributed by atoms with E-state index < -0.39 is 35.0 Å². The Kier molecular flexibility index (Phi) is 7.94. The molecule has 3 aliphatic rings. The van der Waals surface area contributed by atoms with E-state index in [0.29, 0.717) is 50.1 Å². The lowest BCUT2D eigenvalue weighted by atomic mass is 9.65. The number of likely N-dealkylation sites (tertiary alicyclic amines) is 1. The summed E-state index contributed by atoms with van der Waals surface area (Å²) < 4.78 is 11.9. The highest BCUT2D eigenvalue weighted by Crippen LogP contribution is 2.64. The van der Waals surface area contributed by atoms with E-state index in [4.69, 9.17) is 14.6 Å². The lowest BCUT2D eigenvalue weighted by molar-refractivity contribution is -0.155. The number of unbranched alkanes of at least 4 members (excludes halogenated alkanes) is 3. The van der Waals surface area contributed by atoms with Crippen molar-refractivity contribution in [1.29, 1.82) is 0 Å². The number of hydrogen-bond donors (Lipinski definition) is 2. The van der Waals surface area contributed by atoms with E-state index in [-0.39, 0.29) is 25.0 Å². The number of aliphatic hydroxyl groups excluding tert-OH is 1. The highest BCUT2D eigenvalue weighted by Gasteiger charge is 2.79. The number of anilines is 1. The molecule has 2 bridgehead atoms. The first kappa shape index (κ1) is 27.1. The van der Waals surface area contributed by atoms with E-state index in [1.165, 1.54) is 0 Å². The van der Waals surface area contributed by atoms with Crippen LogP contribution in [0.25, 0.3) is 0 Å². The molecule has 0 aromatic heterocycles. The zero-order chi connectivity index (χ0) is 26.8. The summed E-state index contributed by atoms with van der Waals surface area (Å²) >= 11 is 0. The highest BCUT2D eigenvalue weighted by molar-refractivity contribution is 6.04. The van der Waals surface area contributed by atoms with Gasteiger partial charge < -0.3 is 29.5 Å². The summed E-state index contributed by atoms with van der Waals surface area (Å²) in [5, 5.41) is 19.3. The third-order valence-corrected chi connectivity index (χ3v) is 8.45. The van der Waals surface area contributed by atoms with Crippen LogP contribution in [0.4, 0.5) is 5.69 Å². The van der Waals surface area contributed by atoms with Gasteiger partial charge in [0.1, 0.15) is 23.3 Å². The molecule has 2 unspecified atom stereocenters. The zero-order valence-corrected chi connectivity index (χ0v) is 21.7. The van der Waals surface area contributed by atoms with Crippen molar-refractivity contribution in [3.05, 3.63) is 36.9 Å². The molecule has 0 saturated carbocycles. The van der Waals surface area contributed by atoms with Crippen LogP contribution < -0.4 is 9.64 Å². The number of benzene rings is 1. The standard InChI is InChI=1S/C28H38N2O7/c1-4-16-29(19-10-12-20(36-3)13-11-19)25(33)23-28-15-14-27(5-2,37-28)22(26(34)35)21(28)24(32)30(23)17-8-6-7-9-18-31/h4,10-13,21-23,31H,1,5-9,14-18H2,2-3H3,(H,34,35)/t21-,22+,23?,27-,28?/m0/s1. The Balaban J connectivity index is 1.73. The van der Waals surface area contributed by atoms with E-state index in [9.17, 15) is 19.5 Å². The zero-order valence-electron chi connectivity index (χ0n) is 21.7. The first-order valence-corrected chi connectivity index (χ1v) is 13.2. The third-order valence-electron chi connectivity index (χ3n) is 8.45. The Hall–Kier alpha value is -2.91. The number of carbonyl (C=O) groups is 3. The quantitative estimate of drug-likeness (QED) is 0.307. The lowest BCUT2D eigenvalue weighted by Crippen LogP contribution is -2.56. The summed E-state index contributed by atoms with van der Waals surface area (Å²) in [5.74, 6) is -2.88. The Morgan fingerprint density at radius 2 is 1.92 bits per heavy atom. The van der Waals surface area contributed by atoms with Crippen LogP contribution in [0, 0.1) is 11.8 Å². The van der Waals surface area contributed by atoms with Gasteiger partial charge in [0, 0.05) is 25.4 Å². The summed E-state index contributed by atoms with van der Waals surface area (Å²) in [6.45, 7) is 6.38. The number of hydrogen-bond acceptors (Lipinski definition) is 6. The summed E-state index contributed by atoms with van der Waals surface area (Å²) in [4.78, 5) is 43.9. The van der Waals surface area contributed by atoms with Gasteiger partial charge in [0.25, 0.3) is 5.91 Å². The van der Waals surface area contributed by atoms with Crippen LogP contribution in [0.2, 0.25) is 0 Å². The predicted molar refractivity (Wildman–Crippen MR) is 137 cm³/mol. The number of amides is 2. The molecule has 3 fully saturated rings. The number of carboxylic acids is 1. The number of aliphatic carboxylic acids is 1. The fraction of sp³-hybridized carbons (Fsp3) is 0.607. The molecular weight excluding hydrogens is 476 g/mol. The van der Waals surface area contributed by atoms with Gasteiger partial charge in [0.15, 0.2) is 0 Å².